The highest BCUT2D eigenvalue weighted by molar-refractivity contribution is 7.16. The second-order valence-electron chi connectivity index (χ2n) is 6.88. The molecule has 0 radical (unpaired) electrons. The topological polar surface area (TPSA) is 73.2 Å². The van der Waals surface area contributed by atoms with Gasteiger partial charge in [0.15, 0.2) is 5.84 Å². The predicted molar refractivity (Wildman–Crippen MR) is 108 cm³/mol. The Hall–Kier alpha value is -2.00. The first kappa shape index (κ1) is 18.4. The summed E-state index contributed by atoms with van der Waals surface area (Å²) < 4.78 is 5.29. The highest BCUT2D eigenvalue weighted by Crippen LogP contribution is 2.38. The Bertz CT molecular complexity index is 837. The average Bonchev–Trinajstić information content (AvgIpc) is 3.02. The fraction of sp³-hybridized carbons (Fsp3) is 0.474. The Labute approximate surface area is 163 Å². The third kappa shape index (κ3) is 3.70. The van der Waals surface area contributed by atoms with E-state index >= 15 is 0 Å². The summed E-state index contributed by atoms with van der Waals surface area (Å²) in [7, 11) is 3.91. The van der Waals surface area contributed by atoms with E-state index < -0.39 is 0 Å². The van der Waals surface area contributed by atoms with Gasteiger partial charge in [-0.2, -0.15) is 0 Å². The van der Waals surface area contributed by atoms with Gasteiger partial charge in [0.2, 0.25) is 0 Å². The van der Waals surface area contributed by atoms with E-state index in [0.29, 0.717) is 11.0 Å². The number of fused-ring (bicyclic) bond motifs is 2. The van der Waals surface area contributed by atoms with Crippen molar-refractivity contribution in [3.05, 3.63) is 35.0 Å². The van der Waals surface area contributed by atoms with Crippen LogP contribution in [-0.4, -0.2) is 72.2 Å². The minimum Gasteiger partial charge on any atom is -0.389 e. The molecule has 0 bridgehead atoms. The second-order valence-corrected chi connectivity index (χ2v) is 7.97. The third-order valence-electron chi connectivity index (χ3n) is 5.13. The number of rotatable bonds is 4. The summed E-state index contributed by atoms with van der Waals surface area (Å²) >= 11 is 1.49. The number of piperazine rings is 1. The number of likely N-dealkylation sites (N-methyl/N-ethyl adjacent to an activating group) is 1. The summed E-state index contributed by atoms with van der Waals surface area (Å²) in [6.45, 7) is 3.43. The number of nitrogens with zero attached hydrogens (tertiary/aromatic N) is 4. The van der Waals surface area contributed by atoms with Gasteiger partial charge in [-0.05, 0) is 25.6 Å². The van der Waals surface area contributed by atoms with Crippen LogP contribution in [0.3, 0.4) is 0 Å². The molecule has 0 spiro atoms. The Morgan fingerprint density at radius 2 is 2.19 bits per heavy atom. The van der Waals surface area contributed by atoms with Crippen LogP contribution < -0.4 is 5.32 Å². The van der Waals surface area contributed by atoms with Crippen LogP contribution in [0.1, 0.15) is 17.1 Å². The Balaban J connectivity index is 1.71. The number of para-hydroxylation sites is 2. The minimum absolute atomic E-state index is 0.0620. The molecule has 0 amide bonds. The van der Waals surface area contributed by atoms with Crippen molar-refractivity contribution in [2.45, 2.75) is 19.1 Å². The van der Waals surface area contributed by atoms with Crippen LogP contribution in [0.25, 0.3) is 0 Å². The molecule has 2 aromatic rings. The smallest absolute Gasteiger partial charge is 0.158 e. The maximum atomic E-state index is 9.57. The summed E-state index contributed by atoms with van der Waals surface area (Å²) in [6, 6.07) is 8.45. The second kappa shape index (κ2) is 7.93. The van der Waals surface area contributed by atoms with Crippen LogP contribution >= 0.6 is 11.3 Å². The lowest BCUT2D eigenvalue weighted by atomic mass is 10.1. The van der Waals surface area contributed by atoms with Crippen molar-refractivity contribution in [2.75, 3.05) is 45.7 Å². The number of nitrogens with one attached hydrogen (secondary N) is 1. The average molecular weight is 388 g/mol. The van der Waals surface area contributed by atoms with Crippen LogP contribution in [0.2, 0.25) is 0 Å². The number of methoxy groups -OCH3 is 1. The zero-order chi connectivity index (χ0) is 18.8. The van der Waals surface area contributed by atoms with Crippen molar-refractivity contribution in [2.24, 2.45) is 4.99 Å². The van der Waals surface area contributed by atoms with Gasteiger partial charge in [0.1, 0.15) is 15.7 Å². The van der Waals surface area contributed by atoms with E-state index in [1.54, 1.807) is 7.11 Å². The van der Waals surface area contributed by atoms with E-state index in [9.17, 15) is 5.11 Å². The molecule has 2 N–H and O–H groups in total. The van der Waals surface area contributed by atoms with Crippen LogP contribution in [0.15, 0.2) is 29.3 Å². The van der Waals surface area contributed by atoms with E-state index in [1.165, 1.54) is 11.3 Å². The molecule has 1 aromatic carbocycles. The number of hydrogen-bond donors (Lipinski definition) is 2. The van der Waals surface area contributed by atoms with E-state index in [0.717, 1.165) is 60.6 Å². The van der Waals surface area contributed by atoms with Gasteiger partial charge in [0.05, 0.1) is 18.0 Å². The molecular weight excluding hydrogens is 362 g/mol. The summed E-state index contributed by atoms with van der Waals surface area (Å²) in [5, 5.41) is 14.7. The first-order valence-electron chi connectivity index (χ1n) is 9.19. The maximum Gasteiger partial charge on any atom is 0.158 e. The fourth-order valence-corrected chi connectivity index (χ4v) is 4.39. The molecule has 2 aliphatic rings. The van der Waals surface area contributed by atoms with E-state index in [2.05, 4.69) is 27.1 Å². The van der Waals surface area contributed by atoms with Crippen molar-refractivity contribution in [3.63, 3.8) is 0 Å². The Kier molecular flexibility index (Phi) is 5.40. The number of aliphatic hydroxyl groups is 1. The third-order valence-corrected chi connectivity index (χ3v) is 6.08. The lowest BCUT2D eigenvalue weighted by molar-refractivity contribution is 0.100. The molecule has 0 unspecified atom stereocenters. The zero-order valence-corrected chi connectivity index (χ0v) is 16.5. The van der Waals surface area contributed by atoms with Gasteiger partial charge in [0.25, 0.3) is 0 Å². The highest BCUT2D eigenvalue weighted by atomic mass is 32.1. The summed E-state index contributed by atoms with van der Waals surface area (Å²) in [5.41, 5.74) is 2.71. The molecule has 1 atom stereocenters. The standard InChI is InChI=1S/C19H25N5O2S/c1-23-8-9-24(11-13(23)7-10-26-2)18-17-19(27-16(12-25)22-17)21-15-6-4-3-5-14(15)20-18/h3-6,13,21,25H,7-12H2,1-2H3/t13-/m0/s1. The predicted octanol–water partition coefficient (Wildman–Crippen LogP) is 2.42. The molecule has 1 saturated heterocycles. The van der Waals surface area contributed by atoms with Gasteiger partial charge in [-0.25, -0.2) is 9.98 Å². The number of hydrogen-bond acceptors (Lipinski definition) is 8. The molecule has 27 heavy (non-hydrogen) atoms. The molecule has 7 nitrogen and oxygen atoms in total. The molecule has 0 saturated carbocycles. The molecule has 2 aliphatic heterocycles. The van der Waals surface area contributed by atoms with Crippen LogP contribution in [0.5, 0.6) is 0 Å². The summed E-state index contributed by atoms with van der Waals surface area (Å²) in [6.07, 6.45) is 0.984. The number of ether oxygens (including phenoxy) is 1. The molecule has 1 fully saturated rings. The SMILES string of the molecule is COCC[C@H]1CN(C2=Nc3ccccc3Nc3sc(CO)nc32)CCN1C. The van der Waals surface area contributed by atoms with Crippen molar-refractivity contribution < 1.29 is 9.84 Å². The van der Waals surface area contributed by atoms with Gasteiger partial charge in [0, 0.05) is 39.4 Å². The lowest BCUT2D eigenvalue weighted by Crippen LogP contribution is -2.53. The van der Waals surface area contributed by atoms with Gasteiger partial charge >= 0.3 is 0 Å². The first-order chi connectivity index (χ1) is 13.2. The molecule has 1 aromatic heterocycles. The number of benzene rings is 1. The van der Waals surface area contributed by atoms with Gasteiger partial charge in [-0.15, -0.1) is 0 Å². The van der Waals surface area contributed by atoms with E-state index in [-0.39, 0.29) is 6.61 Å². The van der Waals surface area contributed by atoms with E-state index in [1.807, 2.05) is 24.3 Å². The molecule has 0 aliphatic carbocycles. The van der Waals surface area contributed by atoms with Crippen molar-refractivity contribution >= 4 is 33.5 Å². The van der Waals surface area contributed by atoms with Crippen molar-refractivity contribution in [1.29, 1.82) is 0 Å². The van der Waals surface area contributed by atoms with Gasteiger partial charge in [-0.3, -0.25) is 4.90 Å². The van der Waals surface area contributed by atoms with Gasteiger partial charge < -0.3 is 20.1 Å². The van der Waals surface area contributed by atoms with Crippen molar-refractivity contribution in [1.82, 2.24) is 14.8 Å². The fourth-order valence-electron chi connectivity index (χ4n) is 3.56. The van der Waals surface area contributed by atoms with Crippen LogP contribution in [0, 0.1) is 0 Å². The van der Waals surface area contributed by atoms with E-state index in [4.69, 9.17) is 9.73 Å². The zero-order valence-electron chi connectivity index (χ0n) is 15.7. The minimum atomic E-state index is -0.0620. The van der Waals surface area contributed by atoms with Crippen molar-refractivity contribution in [3.8, 4) is 0 Å². The monoisotopic (exact) mass is 387 g/mol. The number of aromatic nitrogens is 1. The largest absolute Gasteiger partial charge is 0.389 e. The molecular formula is C19H25N5O2S. The van der Waals surface area contributed by atoms with Crippen LogP contribution in [0.4, 0.5) is 16.4 Å². The Morgan fingerprint density at radius 1 is 1.33 bits per heavy atom. The molecule has 4 rings (SSSR count). The summed E-state index contributed by atoms with van der Waals surface area (Å²) in [4.78, 5) is 14.4. The van der Waals surface area contributed by atoms with Crippen LogP contribution in [-0.2, 0) is 11.3 Å². The number of anilines is 2. The lowest BCUT2D eigenvalue weighted by Gasteiger charge is -2.40. The number of amidine groups is 1. The maximum absolute atomic E-state index is 9.57. The highest BCUT2D eigenvalue weighted by Gasteiger charge is 2.31. The molecule has 144 valence electrons. The van der Waals surface area contributed by atoms with Gasteiger partial charge in [-0.1, -0.05) is 23.5 Å². The summed E-state index contributed by atoms with van der Waals surface area (Å²) in [5.74, 6) is 0.883. The number of aliphatic imine (C=N–C) groups is 1. The normalized spacial score (nSPS) is 19.7. The molecule has 3 heterocycles. The Morgan fingerprint density at radius 3 is 3.00 bits per heavy atom. The first-order valence-corrected chi connectivity index (χ1v) is 10.0. The quantitative estimate of drug-likeness (QED) is 0.839. The molecule has 8 heteroatoms. The number of aliphatic hydroxyl groups excluding tert-OH is 1. The number of thiazole rings is 1.